The van der Waals surface area contributed by atoms with Gasteiger partial charge in [0.15, 0.2) is 0 Å². The highest BCUT2D eigenvalue weighted by Crippen LogP contribution is 2.09. The van der Waals surface area contributed by atoms with E-state index < -0.39 is 0 Å². The number of anilines is 2. The molecule has 2 N–H and O–H groups in total. The van der Waals surface area contributed by atoms with Crippen LogP contribution in [0.1, 0.15) is 13.8 Å². The molecular formula is C10H18N4O. The van der Waals surface area contributed by atoms with E-state index in [0.29, 0.717) is 12.4 Å². The standard InChI is InChI=1S/C10H18N4O/c1-3-14(5-6-15-4-2)10-8-12-7-9(11)13-10/h7-8H,3-6H2,1-2H3,(H2,11,13). The molecule has 0 amide bonds. The monoisotopic (exact) mass is 210 g/mol. The third kappa shape index (κ3) is 3.71. The molecule has 0 aromatic carbocycles. The van der Waals surface area contributed by atoms with Gasteiger partial charge in [-0.05, 0) is 13.8 Å². The van der Waals surface area contributed by atoms with Crippen LogP contribution in [0.2, 0.25) is 0 Å². The van der Waals surface area contributed by atoms with E-state index in [1.165, 1.54) is 0 Å². The zero-order chi connectivity index (χ0) is 11.1. The molecule has 1 rings (SSSR count). The van der Waals surface area contributed by atoms with E-state index in [1.807, 2.05) is 6.92 Å². The lowest BCUT2D eigenvalue weighted by Crippen LogP contribution is -2.28. The topological polar surface area (TPSA) is 64.3 Å². The molecular weight excluding hydrogens is 192 g/mol. The number of aromatic nitrogens is 2. The summed E-state index contributed by atoms with van der Waals surface area (Å²) >= 11 is 0. The van der Waals surface area contributed by atoms with Crippen molar-refractivity contribution in [1.29, 1.82) is 0 Å². The third-order valence-corrected chi connectivity index (χ3v) is 2.06. The van der Waals surface area contributed by atoms with Crippen molar-refractivity contribution in [3.8, 4) is 0 Å². The number of nitrogens with two attached hydrogens (primary N) is 1. The average molecular weight is 210 g/mol. The maximum absolute atomic E-state index is 5.57. The van der Waals surface area contributed by atoms with Crippen LogP contribution in [0.4, 0.5) is 11.6 Å². The van der Waals surface area contributed by atoms with Crippen molar-refractivity contribution < 1.29 is 4.74 Å². The van der Waals surface area contributed by atoms with Crippen LogP contribution in [-0.4, -0.2) is 36.3 Å². The van der Waals surface area contributed by atoms with Crippen LogP contribution in [0.5, 0.6) is 0 Å². The van der Waals surface area contributed by atoms with Crippen molar-refractivity contribution in [3.05, 3.63) is 12.4 Å². The summed E-state index contributed by atoms with van der Waals surface area (Å²) in [5, 5.41) is 0. The summed E-state index contributed by atoms with van der Waals surface area (Å²) in [5.41, 5.74) is 5.57. The Morgan fingerprint density at radius 1 is 1.40 bits per heavy atom. The fourth-order valence-electron chi connectivity index (χ4n) is 1.28. The van der Waals surface area contributed by atoms with E-state index in [4.69, 9.17) is 10.5 Å². The quantitative estimate of drug-likeness (QED) is 0.707. The molecule has 1 aromatic rings. The maximum atomic E-state index is 5.57. The average Bonchev–Trinajstić information content (AvgIpc) is 2.24. The minimum Gasteiger partial charge on any atom is -0.382 e. The maximum Gasteiger partial charge on any atom is 0.149 e. The smallest absolute Gasteiger partial charge is 0.149 e. The lowest BCUT2D eigenvalue weighted by atomic mass is 10.4. The summed E-state index contributed by atoms with van der Waals surface area (Å²) in [6.07, 6.45) is 3.26. The van der Waals surface area contributed by atoms with Crippen molar-refractivity contribution in [1.82, 2.24) is 9.97 Å². The van der Waals surface area contributed by atoms with E-state index in [-0.39, 0.29) is 0 Å². The Hall–Kier alpha value is -1.36. The van der Waals surface area contributed by atoms with Crippen LogP contribution in [0.3, 0.4) is 0 Å². The molecule has 5 nitrogen and oxygen atoms in total. The van der Waals surface area contributed by atoms with E-state index in [1.54, 1.807) is 12.4 Å². The molecule has 0 aliphatic heterocycles. The Morgan fingerprint density at radius 3 is 2.80 bits per heavy atom. The van der Waals surface area contributed by atoms with Gasteiger partial charge >= 0.3 is 0 Å². The van der Waals surface area contributed by atoms with Crippen LogP contribution in [-0.2, 0) is 4.74 Å². The molecule has 0 saturated heterocycles. The van der Waals surface area contributed by atoms with Crippen molar-refractivity contribution in [3.63, 3.8) is 0 Å². The fraction of sp³-hybridized carbons (Fsp3) is 0.600. The van der Waals surface area contributed by atoms with Gasteiger partial charge in [0.1, 0.15) is 11.6 Å². The predicted molar refractivity (Wildman–Crippen MR) is 60.8 cm³/mol. The third-order valence-electron chi connectivity index (χ3n) is 2.06. The van der Waals surface area contributed by atoms with Crippen LogP contribution in [0.15, 0.2) is 12.4 Å². The number of rotatable bonds is 6. The first-order chi connectivity index (χ1) is 7.27. The Morgan fingerprint density at radius 2 is 2.20 bits per heavy atom. The summed E-state index contributed by atoms with van der Waals surface area (Å²) in [5.74, 6) is 1.25. The zero-order valence-electron chi connectivity index (χ0n) is 9.31. The van der Waals surface area contributed by atoms with E-state index in [2.05, 4.69) is 21.8 Å². The van der Waals surface area contributed by atoms with Gasteiger partial charge in [0.05, 0.1) is 19.0 Å². The second-order valence-corrected chi connectivity index (χ2v) is 3.08. The Bertz CT molecular complexity index is 293. The highest BCUT2D eigenvalue weighted by molar-refractivity contribution is 5.41. The molecule has 0 spiro atoms. The molecule has 0 fully saturated rings. The lowest BCUT2D eigenvalue weighted by Gasteiger charge is -2.21. The van der Waals surface area contributed by atoms with Crippen molar-refractivity contribution in [2.75, 3.05) is 36.9 Å². The van der Waals surface area contributed by atoms with Gasteiger partial charge < -0.3 is 15.4 Å². The molecule has 0 saturated carbocycles. The SMILES string of the molecule is CCOCCN(CC)c1cncc(N)n1. The molecule has 0 bridgehead atoms. The first-order valence-corrected chi connectivity index (χ1v) is 5.18. The number of likely N-dealkylation sites (N-methyl/N-ethyl adjacent to an activating group) is 1. The van der Waals surface area contributed by atoms with Crippen LogP contribution in [0.25, 0.3) is 0 Å². The summed E-state index contributed by atoms with van der Waals surface area (Å²) < 4.78 is 5.30. The summed E-state index contributed by atoms with van der Waals surface area (Å²) in [6.45, 7) is 7.15. The number of hydrogen-bond acceptors (Lipinski definition) is 5. The zero-order valence-corrected chi connectivity index (χ0v) is 9.31. The molecule has 0 aliphatic carbocycles. The van der Waals surface area contributed by atoms with Crippen molar-refractivity contribution in [2.45, 2.75) is 13.8 Å². The van der Waals surface area contributed by atoms with Gasteiger partial charge in [-0.1, -0.05) is 0 Å². The van der Waals surface area contributed by atoms with Gasteiger partial charge in [-0.15, -0.1) is 0 Å². The molecule has 1 heterocycles. The molecule has 5 heteroatoms. The van der Waals surface area contributed by atoms with E-state index in [9.17, 15) is 0 Å². The first kappa shape index (κ1) is 11.7. The van der Waals surface area contributed by atoms with E-state index in [0.717, 1.165) is 25.5 Å². The fourth-order valence-corrected chi connectivity index (χ4v) is 1.28. The Balaban J connectivity index is 2.57. The lowest BCUT2D eigenvalue weighted by molar-refractivity contribution is 0.154. The Kier molecular flexibility index (Phi) is 4.83. The van der Waals surface area contributed by atoms with Gasteiger partial charge in [0.25, 0.3) is 0 Å². The molecule has 0 atom stereocenters. The molecule has 0 radical (unpaired) electrons. The normalized spacial score (nSPS) is 10.3. The Labute approximate surface area is 90.3 Å². The predicted octanol–water partition coefficient (Wildman–Crippen LogP) is 0.922. The second kappa shape index (κ2) is 6.19. The first-order valence-electron chi connectivity index (χ1n) is 5.18. The second-order valence-electron chi connectivity index (χ2n) is 3.08. The van der Waals surface area contributed by atoms with E-state index >= 15 is 0 Å². The van der Waals surface area contributed by atoms with Gasteiger partial charge in [-0.3, -0.25) is 4.98 Å². The highest BCUT2D eigenvalue weighted by Gasteiger charge is 2.05. The number of ether oxygens (including phenoxy) is 1. The molecule has 15 heavy (non-hydrogen) atoms. The summed E-state index contributed by atoms with van der Waals surface area (Å²) in [7, 11) is 0. The molecule has 0 unspecified atom stereocenters. The van der Waals surface area contributed by atoms with Crippen LogP contribution >= 0.6 is 0 Å². The molecule has 84 valence electrons. The minimum absolute atomic E-state index is 0.447. The molecule has 0 aliphatic rings. The minimum atomic E-state index is 0.447. The number of nitrogens with zero attached hydrogens (tertiary/aromatic N) is 3. The van der Waals surface area contributed by atoms with Gasteiger partial charge in [-0.2, -0.15) is 0 Å². The van der Waals surface area contributed by atoms with Gasteiger partial charge in [0, 0.05) is 19.7 Å². The van der Waals surface area contributed by atoms with Crippen molar-refractivity contribution in [2.24, 2.45) is 0 Å². The van der Waals surface area contributed by atoms with Crippen molar-refractivity contribution >= 4 is 11.6 Å². The van der Waals surface area contributed by atoms with Crippen LogP contribution in [0, 0.1) is 0 Å². The van der Waals surface area contributed by atoms with Crippen LogP contribution < -0.4 is 10.6 Å². The summed E-state index contributed by atoms with van der Waals surface area (Å²) in [6, 6.07) is 0. The van der Waals surface area contributed by atoms with Gasteiger partial charge in [-0.25, -0.2) is 4.98 Å². The van der Waals surface area contributed by atoms with Gasteiger partial charge in [0.2, 0.25) is 0 Å². The molecule has 1 aromatic heterocycles. The summed E-state index contributed by atoms with van der Waals surface area (Å²) in [4.78, 5) is 10.3. The largest absolute Gasteiger partial charge is 0.382 e. The highest BCUT2D eigenvalue weighted by atomic mass is 16.5. The number of nitrogen functional groups attached to an aromatic ring is 1. The number of hydrogen-bond donors (Lipinski definition) is 1.